The molecule has 0 spiro atoms. The van der Waals surface area contributed by atoms with Crippen molar-refractivity contribution in [3.05, 3.63) is 40.1 Å². The Morgan fingerprint density at radius 2 is 2.32 bits per heavy atom. The Balaban J connectivity index is 2.02. The molecule has 100 valence electrons. The van der Waals surface area contributed by atoms with Crippen LogP contribution in [0.1, 0.15) is 12.1 Å². The fourth-order valence-corrected chi connectivity index (χ4v) is 2.36. The predicted molar refractivity (Wildman–Crippen MR) is 72.8 cm³/mol. The minimum atomic E-state index is -0.854. The number of nitrogens with zero attached hydrogens (tertiary/aromatic N) is 1. The number of carboxylic acid groups (broad SMARTS) is 1. The van der Waals surface area contributed by atoms with Gasteiger partial charge in [0.25, 0.3) is 0 Å². The van der Waals surface area contributed by atoms with Crippen LogP contribution >= 0.6 is 22.9 Å². The van der Waals surface area contributed by atoms with Crippen LogP contribution in [0.25, 0.3) is 0 Å². The molecule has 0 radical (unpaired) electrons. The lowest BCUT2D eigenvalue weighted by molar-refractivity contribution is -0.136. The molecule has 7 heteroatoms. The molecule has 4 nitrogen and oxygen atoms in total. The molecular weight excluding hydrogens is 291 g/mol. The van der Waals surface area contributed by atoms with E-state index >= 15 is 0 Å². The van der Waals surface area contributed by atoms with E-state index < -0.39 is 11.8 Å². The number of carbonyl (C=O) groups is 1. The Morgan fingerprint density at radius 1 is 1.53 bits per heavy atom. The van der Waals surface area contributed by atoms with Gasteiger partial charge in [-0.3, -0.25) is 4.79 Å². The van der Waals surface area contributed by atoms with Crippen LogP contribution in [0.15, 0.2) is 23.6 Å². The zero-order valence-electron chi connectivity index (χ0n) is 9.69. The van der Waals surface area contributed by atoms with Gasteiger partial charge in [0.15, 0.2) is 5.13 Å². The Bertz CT molecular complexity index is 603. The average Bonchev–Trinajstić information content (AvgIpc) is 2.79. The van der Waals surface area contributed by atoms with Gasteiger partial charge in [0.05, 0.1) is 17.1 Å². The number of aryl methyl sites for hydroxylation is 1. The maximum Gasteiger partial charge on any atom is 0.303 e. The van der Waals surface area contributed by atoms with Crippen molar-refractivity contribution >= 4 is 39.7 Å². The van der Waals surface area contributed by atoms with Crippen LogP contribution in [0.3, 0.4) is 0 Å². The summed E-state index contributed by atoms with van der Waals surface area (Å²) in [7, 11) is 0. The molecule has 2 aromatic rings. The van der Waals surface area contributed by atoms with Crippen molar-refractivity contribution in [3.63, 3.8) is 0 Å². The van der Waals surface area contributed by atoms with Crippen LogP contribution in [0.4, 0.5) is 15.2 Å². The molecule has 0 aliphatic rings. The number of nitrogens with one attached hydrogen (secondary N) is 1. The summed E-state index contributed by atoms with van der Waals surface area (Å²) in [5.41, 5.74) is 1.34. The molecule has 0 saturated heterocycles. The smallest absolute Gasteiger partial charge is 0.303 e. The van der Waals surface area contributed by atoms with E-state index in [2.05, 4.69) is 10.3 Å². The minimum absolute atomic E-state index is 0.0349. The van der Waals surface area contributed by atoms with Gasteiger partial charge in [0.1, 0.15) is 5.82 Å². The molecule has 0 aliphatic heterocycles. The van der Waals surface area contributed by atoms with Gasteiger partial charge in [-0.05, 0) is 18.2 Å². The summed E-state index contributed by atoms with van der Waals surface area (Å²) in [5.74, 6) is -1.33. The summed E-state index contributed by atoms with van der Waals surface area (Å²) in [5, 5.41) is 14.0. The molecule has 0 atom stereocenters. The largest absolute Gasteiger partial charge is 0.481 e. The topological polar surface area (TPSA) is 62.2 Å². The van der Waals surface area contributed by atoms with Gasteiger partial charge >= 0.3 is 5.97 Å². The molecule has 1 aromatic heterocycles. The Hall–Kier alpha value is -1.66. The number of rotatable bonds is 5. The first-order chi connectivity index (χ1) is 9.04. The van der Waals surface area contributed by atoms with E-state index in [0.29, 0.717) is 22.9 Å². The number of hydrogen-bond donors (Lipinski definition) is 2. The standard InChI is InChI=1S/C12H10ClFN2O2S/c13-9-5-7(1-3-10(9)14)15-12-16-8(6-19-12)2-4-11(17)18/h1,3,5-6H,2,4H2,(H,15,16)(H,17,18). The van der Waals surface area contributed by atoms with Crippen molar-refractivity contribution in [1.29, 1.82) is 0 Å². The van der Waals surface area contributed by atoms with Gasteiger partial charge in [-0.1, -0.05) is 11.6 Å². The first-order valence-corrected chi connectivity index (χ1v) is 6.68. The first kappa shape index (κ1) is 13.8. The SMILES string of the molecule is O=C(O)CCc1csc(Nc2ccc(F)c(Cl)c2)n1. The summed E-state index contributed by atoms with van der Waals surface area (Å²) in [6.45, 7) is 0. The molecule has 1 aromatic carbocycles. The molecule has 19 heavy (non-hydrogen) atoms. The van der Waals surface area contributed by atoms with E-state index in [1.807, 2.05) is 0 Å². The van der Waals surface area contributed by atoms with Crippen molar-refractivity contribution in [3.8, 4) is 0 Å². The summed E-state index contributed by atoms with van der Waals surface area (Å²) in [6, 6.07) is 4.29. The Labute approximate surface area is 117 Å². The van der Waals surface area contributed by atoms with E-state index in [1.54, 1.807) is 11.4 Å². The maximum atomic E-state index is 13.0. The van der Waals surface area contributed by atoms with E-state index in [9.17, 15) is 9.18 Å². The third-order valence-corrected chi connectivity index (χ3v) is 3.41. The lowest BCUT2D eigenvalue weighted by Gasteiger charge is -2.03. The second kappa shape index (κ2) is 5.99. The predicted octanol–water partition coefficient (Wildman–Crippen LogP) is 3.70. The van der Waals surface area contributed by atoms with Crippen LogP contribution in [-0.2, 0) is 11.2 Å². The molecule has 0 bridgehead atoms. The molecule has 1 heterocycles. The normalized spacial score (nSPS) is 10.4. The molecule has 0 amide bonds. The van der Waals surface area contributed by atoms with Crippen LogP contribution in [0, 0.1) is 5.82 Å². The molecule has 0 aliphatic carbocycles. The number of halogens is 2. The van der Waals surface area contributed by atoms with Crippen LogP contribution in [0.5, 0.6) is 0 Å². The van der Waals surface area contributed by atoms with Crippen molar-refractivity contribution in [2.24, 2.45) is 0 Å². The van der Waals surface area contributed by atoms with Crippen molar-refractivity contribution in [1.82, 2.24) is 4.98 Å². The van der Waals surface area contributed by atoms with Gasteiger partial charge < -0.3 is 10.4 Å². The van der Waals surface area contributed by atoms with Crippen LogP contribution in [-0.4, -0.2) is 16.1 Å². The minimum Gasteiger partial charge on any atom is -0.481 e. The van der Waals surface area contributed by atoms with Gasteiger partial charge in [0.2, 0.25) is 0 Å². The number of thiazole rings is 1. The lowest BCUT2D eigenvalue weighted by atomic mass is 10.2. The fourth-order valence-electron chi connectivity index (χ4n) is 1.41. The van der Waals surface area contributed by atoms with Gasteiger partial charge in [-0.2, -0.15) is 0 Å². The van der Waals surface area contributed by atoms with E-state index in [4.69, 9.17) is 16.7 Å². The second-order valence-corrected chi connectivity index (χ2v) is 5.06. The third kappa shape index (κ3) is 3.90. The zero-order valence-corrected chi connectivity index (χ0v) is 11.3. The second-order valence-electron chi connectivity index (χ2n) is 3.79. The van der Waals surface area contributed by atoms with Crippen LogP contribution < -0.4 is 5.32 Å². The van der Waals surface area contributed by atoms with Crippen molar-refractivity contribution in [2.45, 2.75) is 12.8 Å². The first-order valence-electron chi connectivity index (χ1n) is 5.43. The number of carboxylic acids is 1. The molecule has 2 rings (SSSR count). The Kier molecular flexibility index (Phi) is 4.34. The van der Waals surface area contributed by atoms with E-state index in [0.717, 1.165) is 0 Å². The summed E-state index contributed by atoms with van der Waals surface area (Å²) < 4.78 is 13.0. The quantitative estimate of drug-likeness (QED) is 0.884. The highest BCUT2D eigenvalue weighted by molar-refractivity contribution is 7.13. The highest BCUT2D eigenvalue weighted by Gasteiger charge is 2.06. The number of aliphatic carboxylic acids is 1. The molecule has 0 fully saturated rings. The zero-order chi connectivity index (χ0) is 13.8. The van der Waals surface area contributed by atoms with Gasteiger partial charge in [-0.25, -0.2) is 9.37 Å². The van der Waals surface area contributed by atoms with Gasteiger partial charge in [-0.15, -0.1) is 11.3 Å². The third-order valence-electron chi connectivity index (χ3n) is 2.32. The summed E-state index contributed by atoms with van der Waals surface area (Å²) >= 11 is 7.03. The van der Waals surface area contributed by atoms with E-state index in [1.165, 1.54) is 23.5 Å². The molecular formula is C12H10ClFN2O2S. The molecule has 2 N–H and O–H groups in total. The molecule has 0 unspecified atom stereocenters. The summed E-state index contributed by atoms with van der Waals surface area (Å²) in [4.78, 5) is 14.7. The monoisotopic (exact) mass is 300 g/mol. The van der Waals surface area contributed by atoms with Gasteiger partial charge in [0, 0.05) is 17.5 Å². The van der Waals surface area contributed by atoms with E-state index in [-0.39, 0.29) is 11.4 Å². The highest BCUT2D eigenvalue weighted by atomic mass is 35.5. The van der Waals surface area contributed by atoms with Crippen molar-refractivity contribution < 1.29 is 14.3 Å². The molecule has 0 saturated carbocycles. The lowest BCUT2D eigenvalue weighted by Crippen LogP contribution is -1.98. The maximum absolute atomic E-state index is 13.0. The number of anilines is 2. The van der Waals surface area contributed by atoms with Crippen molar-refractivity contribution in [2.75, 3.05) is 5.32 Å². The summed E-state index contributed by atoms with van der Waals surface area (Å²) in [6.07, 6.45) is 0.434. The number of aromatic nitrogens is 1. The fraction of sp³-hybridized carbons (Fsp3) is 0.167. The van der Waals surface area contributed by atoms with Crippen LogP contribution in [0.2, 0.25) is 5.02 Å². The number of benzene rings is 1. The number of hydrogen-bond acceptors (Lipinski definition) is 4. The Morgan fingerprint density at radius 3 is 3.00 bits per heavy atom. The highest BCUT2D eigenvalue weighted by Crippen LogP contribution is 2.25. The average molecular weight is 301 g/mol.